The first-order valence-electron chi connectivity index (χ1n) is 8.76. The first-order chi connectivity index (χ1) is 12.5. The van der Waals surface area contributed by atoms with Gasteiger partial charge in [-0.1, -0.05) is 0 Å². The summed E-state index contributed by atoms with van der Waals surface area (Å²) < 4.78 is 20.9. The van der Waals surface area contributed by atoms with Crippen LogP contribution in [0.4, 0.5) is 4.39 Å². The van der Waals surface area contributed by atoms with Crippen LogP contribution in [0.5, 0.6) is 5.75 Å². The Balaban J connectivity index is 1.72. The molecule has 0 saturated heterocycles. The van der Waals surface area contributed by atoms with Crippen molar-refractivity contribution in [3.05, 3.63) is 47.5 Å². The van der Waals surface area contributed by atoms with Gasteiger partial charge in [0.1, 0.15) is 11.6 Å². The van der Waals surface area contributed by atoms with E-state index < -0.39 is 6.04 Å². The van der Waals surface area contributed by atoms with Gasteiger partial charge in [-0.05, 0) is 49.4 Å². The fourth-order valence-electron chi connectivity index (χ4n) is 3.35. The van der Waals surface area contributed by atoms with E-state index in [2.05, 4.69) is 10.4 Å². The van der Waals surface area contributed by atoms with Crippen LogP contribution in [-0.2, 0) is 11.3 Å². The first-order valence-corrected chi connectivity index (χ1v) is 8.76. The van der Waals surface area contributed by atoms with Crippen LogP contribution < -0.4 is 10.1 Å². The predicted octanol–water partition coefficient (Wildman–Crippen LogP) is 2.36. The van der Waals surface area contributed by atoms with Gasteiger partial charge in [0.15, 0.2) is 0 Å². The molecule has 1 heterocycles. The molecule has 2 aromatic rings. The van der Waals surface area contributed by atoms with Crippen molar-refractivity contribution in [3.63, 3.8) is 0 Å². The molecule has 1 aromatic heterocycles. The molecule has 0 aliphatic heterocycles. The Morgan fingerprint density at radius 2 is 2.27 bits per heavy atom. The maximum atomic E-state index is 13.8. The summed E-state index contributed by atoms with van der Waals surface area (Å²) in [6, 6.07) is 3.89. The van der Waals surface area contributed by atoms with Crippen LogP contribution in [0.15, 0.2) is 30.6 Å². The van der Waals surface area contributed by atoms with Crippen LogP contribution in [0.1, 0.15) is 36.4 Å². The maximum Gasteiger partial charge on any atom is 0.222 e. The number of benzene rings is 1. The summed E-state index contributed by atoms with van der Waals surface area (Å²) in [4.78, 5) is 12.5. The van der Waals surface area contributed by atoms with Crippen molar-refractivity contribution in [2.45, 2.75) is 44.9 Å². The molecule has 3 rings (SSSR count). The topological polar surface area (TPSA) is 76.4 Å². The second-order valence-electron chi connectivity index (χ2n) is 6.85. The summed E-state index contributed by atoms with van der Waals surface area (Å²) >= 11 is 0. The van der Waals surface area contributed by atoms with Gasteiger partial charge >= 0.3 is 0 Å². The molecule has 0 spiro atoms. The number of methoxy groups -OCH3 is 1. The lowest BCUT2D eigenvalue weighted by atomic mass is 9.74. The Morgan fingerprint density at radius 3 is 2.88 bits per heavy atom. The Bertz CT molecular complexity index is 771. The monoisotopic (exact) mass is 361 g/mol. The van der Waals surface area contributed by atoms with E-state index in [1.54, 1.807) is 16.9 Å². The molecule has 1 aliphatic carbocycles. The molecule has 1 aromatic carbocycles. The Kier molecular flexibility index (Phi) is 5.56. The number of amides is 1. The van der Waals surface area contributed by atoms with Crippen molar-refractivity contribution >= 4 is 5.91 Å². The van der Waals surface area contributed by atoms with E-state index in [1.165, 1.54) is 19.2 Å². The smallest absolute Gasteiger partial charge is 0.222 e. The Hall–Kier alpha value is -2.41. The van der Waals surface area contributed by atoms with E-state index in [1.807, 2.05) is 13.1 Å². The van der Waals surface area contributed by atoms with E-state index in [0.717, 1.165) is 5.56 Å². The molecule has 0 bridgehead atoms. The molecular weight excluding hydrogens is 337 g/mol. The third-order valence-electron chi connectivity index (χ3n) is 4.79. The number of nitrogens with zero attached hydrogens (tertiary/aromatic N) is 2. The number of hydrogen-bond acceptors (Lipinski definition) is 4. The highest BCUT2D eigenvalue weighted by Gasteiger charge is 2.37. The van der Waals surface area contributed by atoms with E-state index in [9.17, 15) is 14.3 Å². The summed E-state index contributed by atoms with van der Waals surface area (Å²) in [6.07, 6.45) is 4.67. The fourth-order valence-corrected chi connectivity index (χ4v) is 3.35. The van der Waals surface area contributed by atoms with Crippen LogP contribution in [-0.4, -0.2) is 34.0 Å². The van der Waals surface area contributed by atoms with Crippen molar-refractivity contribution in [2.24, 2.45) is 5.92 Å². The molecule has 1 fully saturated rings. The quantitative estimate of drug-likeness (QED) is 0.794. The summed E-state index contributed by atoms with van der Waals surface area (Å²) in [5.41, 5.74) is 1.64. The number of carbonyl (C=O) groups is 1. The molecular formula is C19H24FN3O3. The largest absolute Gasteiger partial charge is 0.496 e. The van der Waals surface area contributed by atoms with Crippen molar-refractivity contribution in [3.8, 4) is 5.75 Å². The Labute approximate surface area is 152 Å². The second-order valence-corrected chi connectivity index (χ2v) is 6.85. The van der Waals surface area contributed by atoms with Crippen LogP contribution in [0.2, 0.25) is 0 Å². The third kappa shape index (κ3) is 4.22. The molecule has 1 atom stereocenters. The first kappa shape index (κ1) is 18.4. The molecule has 7 heteroatoms. The number of halogens is 1. The van der Waals surface area contributed by atoms with Crippen molar-refractivity contribution in [2.75, 3.05) is 7.11 Å². The average molecular weight is 361 g/mol. The zero-order valence-electron chi connectivity index (χ0n) is 15.0. The number of ether oxygens (including phenoxy) is 1. The number of aryl methyl sites for hydroxylation is 2. The highest BCUT2D eigenvalue weighted by Crippen LogP contribution is 2.41. The number of aromatic nitrogens is 2. The van der Waals surface area contributed by atoms with Crippen molar-refractivity contribution in [1.29, 1.82) is 0 Å². The predicted molar refractivity (Wildman–Crippen MR) is 94.1 cm³/mol. The molecule has 0 unspecified atom stereocenters. The van der Waals surface area contributed by atoms with Gasteiger partial charge in [0.05, 0.1) is 25.5 Å². The van der Waals surface area contributed by atoms with Crippen molar-refractivity contribution < 1.29 is 19.0 Å². The fraction of sp³-hybridized carbons (Fsp3) is 0.474. The van der Waals surface area contributed by atoms with E-state index in [0.29, 0.717) is 30.7 Å². The van der Waals surface area contributed by atoms with Gasteiger partial charge in [0, 0.05) is 24.7 Å². The highest BCUT2D eigenvalue weighted by molar-refractivity contribution is 5.76. The standard InChI is InChI=1S/C19H24FN3O3/c1-12-10-21-23(11-12)6-5-18(25)22-19(13-7-15(24)8-13)16-9-14(20)3-4-17(16)26-2/h3-4,9-11,13,15,19,24H,5-8H2,1-2H3,(H,22,25)/t13?,15?,19-/m0/s1. The summed E-state index contributed by atoms with van der Waals surface area (Å²) in [7, 11) is 1.52. The van der Waals surface area contributed by atoms with Crippen molar-refractivity contribution in [1.82, 2.24) is 15.1 Å². The minimum absolute atomic E-state index is 0.0524. The normalized spacial score (nSPS) is 20.3. The summed E-state index contributed by atoms with van der Waals surface area (Å²) in [5, 5.41) is 16.8. The number of aliphatic hydroxyl groups is 1. The number of carbonyl (C=O) groups excluding carboxylic acids is 1. The van der Waals surface area contributed by atoms with E-state index in [4.69, 9.17) is 4.74 Å². The maximum absolute atomic E-state index is 13.8. The number of nitrogens with one attached hydrogen (secondary N) is 1. The SMILES string of the molecule is COc1ccc(F)cc1[C@@H](NC(=O)CCn1cc(C)cn1)C1CC(O)C1. The van der Waals surface area contributed by atoms with Crippen LogP contribution in [0, 0.1) is 18.7 Å². The van der Waals surface area contributed by atoms with E-state index >= 15 is 0 Å². The van der Waals surface area contributed by atoms with Crippen LogP contribution in [0.25, 0.3) is 0 Å². The average Bonchev–Trinajstić information content (AvgIpc) is 3.01. The number of aliphatic hydroxyl groups excluding tert-OH is 1. The molecule has 1 aliphatic rings. The van der Waals surface area contributed by atoms with Gasteiger partial charge < -0.3 is 15.2 Å². The summed E-state index contributed by atoms with van der Waals surface area (Å²) in [6.45, 7) is 2.41. The van der Waals surface area contributed by atoms with Gasteiger partial charge in [-0.25, -0.2) is 4.39 Å². The van der Waals surface area contributed by atoms with E-state index in [-0.39, 0.29) is 30.2 Å². The lowest BCUT2D eigenvalue weighted by molar-refractivity contribution is -0.123. The molecule has 1 amide bonds. The molecule has 140 valence electrons. The number of rotatable bonds is 7. The molecule has 0 radical (unpaired) electrons. The molecule has 2 N–H and O–H groups in total. The highest BCUT2D eigenvalue weighted by atomic mass is 19.1. The van der Waals surface area contributed by atoms with Gasteiger partial charge in [0.2, 0.25) is 5.91 Å². The Morgan fingerprint density at radius 1 is 1.50 bits per heavy atom. The molecule has 1 saturated carbocycles. The zero-order chi connectivity index (χ0) is 18.7. The van der Waals surface area contributed by atoms with Gasteiger partial charge in [-0.15, -0.1) is 0 Å². The minimum Gasteiger partial charge on any atom is -0.496 e. The van der Waals surface area contributed by atoms with Gasteiger partial charge in [-0.2, -0.15) is 5.10 Å². The van der Waals surface area contributed by atoms with Crippen LogP contribution in [0.3, 0.4) is 0 Å². The van der Waals surface area contributed by atoms with Gasteiger partial charge in [-0.3, -0.25) is 9.48 Å². The minimum atomic E-state index is -0.393. The lowest BCUT2D eigenvalue weighted by Crippen LogP contribution is -2.41. The summed E-state index contributed by atoms with van der Waals surface area (Å²) in [5.74, 6) is 0.0557. The van der Waals surface area contributed by atoms with Gasteiger partial charge in [0.25, 0.3) is 0 Å². The second kappa shape index (κ2) is 7.86. The lowest BCUT2D eigenvalue weighted by Gasteiger charge is -2.38. The number of hydrogen-bond donors (Lipinski definition) is 2. The molecule has 6 nitrogen and oxygen atoms in total. The zero-order valence-corrected chi connectivity index (χ0v) is 15.0. The third-order valence-corrected chi connectivity index (χ3v) is 4.79. The molecule has 26 heavy (non-hydrogen) atoms. The van der Waals surface area contributed by atoms with Crippen LogP contribution >= 0.6 is 0 Å².